The molecule has 2 amide bonds. The Morgan fingerprint density at radius 3 is 2.74 bits per heavy atom. The lowest BCUT2D eigenvalue weighted by Gasteiger charge is -2.13. The van der Waals surface area contributed by atoms with Crippen LogP contribution in [0, 0.1) is 17.0 Å². The highest BCUT2D eigenvalue weighted by Crippen LogP contribution is 2.30. The molecule has 1 aliphatic carbocycles. The van der Waals surface area contributed by atoms with Crippen molar-refractivity contribution in [3.05, 3.63) is 61.5 Å². The van der Waals surface area contributed by atoms with Gasteiger partial charge in [-0.25, -0.2) is 5.43 Å². The van der Waals surface area contributed by atoms with Crippen molar-refractivity contribution in [3.63, 3.8) is 0 Å². The van der Waals surface area contributed by atoms with Crippen molar-refractivity contribution in [1.82, 2.24) is 10.7 Å². The van der Waals surface area contributed by atoms with Gasteiger partial charge in [-0.05, 0) is 45.2 Å². The summed E-state index contributed by atoms with van der Waals surface area (Å²) in [5, 5.41) is 18.1. The fourth-order valence-corrected chi connectivity index (χ4v) is 3.55. The Morgan fingerprint density at radius 2 is 2.06 bits per heavy atom. The maximum absolute atomic E-state index is 12.5. The van der Waals surface area contributed by atoms with E-state index in [-0.39, 0.29) is 34.0 Å². The summed E-state index contributed by atoms with van der Waals surface area (Å²) in [6, 6.07) is 3.80. The predicted molar refractivity (Wildman–Crippen MR) is 116 cm³/mol. The van der Waals surface area contributed by atoms with Gasteiger partial charge in [0, 0.05) is 35.2 Å². The molecule has 10 heteroatoms. The number of carbonyl (C=O) groups is 2. The van der Waals surface area contributed by atoms with Gasteiger partial charge in [0.25, 0.3) is 17.5 Å². The number of halogens is 1. The summed E-state index contributed by atoms with van der Waals surface area (Å²) in [4.78, 5) is 35.4. The minimum atomic E-state index is -0.654. The molecular formula is C21H23ClN4O5. The molecule has 31 heavy (non-hydrogen) atoms. The summed E-state index contributed by atoms with van der Waals surface area (Å²) < 4.78 is 5.83. The number of carbonyl (C=O) groups excluding carboxylic acids is 2. The Kier molecular flexibility index (Phi) is 6.74. The molecule has 1 atom stereocenters. The van der Waals surface area contributed by atoms with Gasteiger partial charge in [-0.1, -0.05) is 18.5 Å². The van der Waals surface area contributed by atoms with Gasteiger partial charge < -0.3 is 9.73 Å². The number of fused-ring (bicyclic) bond motifs is 1. The summed E-state index contributed by atoms with van der Waals surface area (Å²) in [5.41, 5.74) is 4.15. The van der Waals surface area contributed by atoms with Crippen LogP contribution in [0.5, 0.6) is 0 Å². The monoisotopic (exact) mass is 446 g/mol. The maximum atomic E-state index is 12.5. The van der Waals surface area contributed by atoms with Crippen LogP contribution in [0.3, 0.4) is 0 Å². The molecule has 2 N–H and O–H groups in total. The van der Waals surface area contributed by atoms with Crippen molar-refractivity contribution in [2.75, 3.05) is 0 Å². The third-order valence-electron chi connectivity index (χ3n) is 5.22. The van der Waals surface area contributed by atoms with Gasteiger partial charge in [-0.2, -0.15) is 5.10 Å². The van der Waals surface area contributed by atoms with Gasteiger partial charge in [-0.3, -0.25) is 19.7 Å². The Hall–Kier alpha value is -3.20. The van der Waals surface area contributed by atoms with Crippen LogP contribution in [-0.2, 0) is 6.42 Å². The number of hydrazone groups is 1. The molecule has 1 aromatic carbocycles. The second-order valence-corrected chi connectivity index (χ2v) is 7.82. The van der Waals surface area contributed by atoms with Gasteiger partial charge in [0.15, 0.2) is 5.76 Å². The summed E-state index contributed by atoms with van der Waals surface area (Å²) in [5.74, 6) is 0.0288. The zero-order valence-corrected chi connectivity index (χ0v) is 18.2. The second-order valence-electron chi connectivity index (χ2n) is 7.41. The first-order chi connectivity index (χ1) is 14.7. The van der Waals surface area contributed by atoms with E-state index in [1.165, 1.54) is 12.1 Å². The number of nitrogens with zero attached hydrogens (tertiary/aromatic N) is 2. The molecule has 0 spiro atoms. The van der Waals surface area contributed by atoms with Gasteiger partial charge in [0.1, 0.15) is 10.8 Å². The predicted octanol–water partition coefficient (Wildman–Crippen LogP) is 4.15. The first kappa shape index (κ1) is 22.5. The molecule has 0 radical (unpaired) electrons. The van der Waals surface area contributed by atoms with Crippen molar-refractivity contribution in [1.29, 1.82) is 0 Å². The highest BCUT2D eigenvalue weighted by atomic mass is 35.5. The quantitative estimate of drug-likeness (QED) is 0.509. The number of nitro groups is 1. The highest BCUT2D eigenvalue weighted by Gasteiger charge is 2.28. The van der Waals surface area contributed by atoms with E-state index in [2.05, 4.69) is 15.8 Å². The number of benzene rings is 1. The fourth-order valence-electron chi connectivity index (χ4n) is 3.36. The van der Waals surface area contributed by atoms with E-state index in [1.807, 2.05) is 13.8 Å². The number of aryl methyl sites for hydroxylation is 1. The summed E-state index contributed by atoms with van der Waals surface area (Å²) in [6.07, 6.45) is 2.82. The molecule has 0 aliphatic heterocycles. The number of hydrogen-bond acceptors (Lipinski definition) is 6. The zero-order chi connectivity index (χ0) is 22.7. The van der Waals surface area contributed by atoms with E-state index in [0.717, 1.165) is 24.5 Å². The SMILES string of the molecule is CCC(C)NC(=O)c1oc2c(c1C)/C(=N/NC(=O)c1ccc(Cl)c([N+](=O)[O-])c1)CCC2. The van der Waals surface area contributed by atoms with Crippen LogP contribution >= 0.6 is 11.6 Å². The second kappa shape index (κ2) is 9.30. The Bertz CT molecular complexity index is 1080. The number of nitro benzene ring substituents is 1. The van der Waals surface area contributed by atoms with Crippen LogP contribution in [0.1, 0.15) is 70.9 Å². The van der Waals surface area contributed by atoms with Crippen molar-refractivity contribution in [2.45, 2.75) is 52.5 Å². The molecule has 9 nitrogen and oxygen atoms in total. The van der Waals surface area contributed by atoms with E-state index < -0.39 is 10.8 Å². The van der Waals surface area contributed by atoms with E-state index in [4.69, 9.17) is 16.0 Å². The van der Waals surface area contributed by atoms with Gasteiger partial charge >= 0.3 is 0 Å². The molecule has 0 bridgehead atoms. The van der Waals surface area contributed by atoms with Crippen LogP contribution in [0.2, 0.25) is 5.02 Å². The van der Waals surface area contributed by atoms with E-state index >= 15 is 0 Å². The molecule has 1 unspecified atom stereocenters. The van der Waals surface area contributed by atoms with Gasteiger partial charge in [-0.15, -0.1) is 0 Å². The molecule has 0 fully saturated rings. The van der Waals surface area contributed by atoms with Gasteiger partial charge in [0.05, 0.1) is 10.6 Å². The lowest BCUT2D eigenvalue weighted by Crippen LogP contribution is -2.32. The Labute approximate surface area is 184 Å². The fraction of sp³-hybridized carbons (Fsp3) is 0.381. The number of furan rings is 1. The maximum Gasteiger partial charge on any atom is 0.288 e. The molecule has 2 aromatic rings. The summed E-state index contributed by atoms with van der Waals surface area (Å²) in [7, 11) is 0. The molecular weight excluding hydrogens is 424 g/mol. The zero-order valence-electron chi connectivity index (χ0n) is 17.5. The van der Waals surface area contributed by atoms with E-state index in [1.54, 1.807) is 6.92 Å². The van der Waals surface area contributed by atoms with Crippen molar-refractivity contribution in [3.8, 4) is 0 Å². The number of hydrogen-bond donors (Lipinski definition) is 2. The molecule has 1 aliphatic rings. The summed E-state index contributed by atoms with van der Waals surface area (Å²) >= 11 is 5.79. The van der Waals surface area contributed by atoms with E-state index in [0.29, 0.717) is 29.9 Å². The molecule has 164 valence electrons. The topological polar surface area (TPSA) is 127 Å². The number of rotatable bonds is 6. The average Bonchev–Trinajstić information content (AvgIpc) is 3.09. The first-order valence-electron chi connectivity index (χ1n) is 9.97. The van der Waals surface area contributed by atoms with Crippen LogP contribution in [0.4, 0.5) is 5.69 Å². The lowest BCUT2D eigenvalue weighted by atomic mass is 9.93. The first-order valence-corrected chi connectivity index (χ1v) is 10.3. The summed E-state index contributed by atoms with van der Waals surface area (Å²) in [6.45, 7) is 5.69. The van der Waals surface area contributed by atoms with E-state index in [9.17, 15) is 19.7 Å². The Morgan fingerprint density at radius 1 is 1.32 bits per heavy atom. The molecule has 1 heterocycles. The third kappa shape index (κ3) is 4.77. The molecule has 0 saturated heterocycles. The molecule has 1 aromatic heterocycles. The van der Waals surface area contributed by atoms with Crippen LogP contribution in [0.15, 0.2) is 27.7 Å². The minimum Gasteiger partial charge on any atom is -0.455 e. The highest BCUT2D eigenvalue weighted by molar-refractivity contribution is 6.32. The van der Waals surface area contributed by atoms with Crippen molar-refractivity contribution < 1.29 is 18.9 Å². The standard InChI is InChI=1S/C21H23ClN4O5/c1-4-11(2)23-21(28)19-12(3)18-15(6-5-7-17(18)31-19)24-25-20(27)13-8-9-14(22)16(10-13)26(29)30/h8-11H,4-7H2,1-3H3,(H,23,28)(H,25,27)/b24-15+. The van der Waals surface area contributed by atoms with Crippen molar-refractivity contribution >= 4 is 34.8 Å². The number of nitrogens with one attached hydrogen (secondary N) is 2. The smallest absolute Gasteiger partial charge is 0.288 e. The lowest BCUT2D eigenvalue weighted by molar-refractivity contribution is -0.384. The number of amides is 2. The minimum absolute atomic E-state index is 0.0184. The van der Waals surface area contributed by atoms with Crippen LogP contribution in [0.25, 0.3) is 0 Å². The average molecular weight is 447 g/mol. The van der Waals surface area contributed by atoms with Crippen molar-refractivity contribution in [2.24, 2.45) is 5.10 Å². The third-order valence-corrected chi connectivity index (χ3v) is 5.54. The largest absolute Gasteiger partial charge is 0.455 e. The normalized spacial score (nSPS) is 15.3. The molecule has 0 saturated carbocycles. The van der Waals surface area contributed by atoms with Gasteiger partial charge in [0.2, 0.25) is 0 Å². The van der Waals surface area contributed by atoms with Crippen LogP contribution in [-0.4, -0.2) is 28.5 Å². The molecule has 3 rings (SSSR count). The van der Waals surface area contributed by atoms with Crippen LogP contribution < -0.4 is 10.7 Å². The Balaban J connectivity index is 1.84.